The number of piperidine rings is 1. The van der Waals surface area contributed by atoms with Crippen LogP contribution >= 0.6 is 0 Å². The molecule has 238 valence electrons. The predicted molar refractivity (Wildman–Crippen MR) is 165 cm³/mol. The Balaban J connectivity index is 1.48. The summed E-state index contributed by atoms with van der Waals surface area (Å²) < 4.78 is 0. The van der Waals surface area contributed by atoms with Crippen molar-refractivity contribution in [2.75, 3.05) is 6.54 Å². The van der Waals surface area contributed by atoms with Gasteiger partial charge in [0.25, 0.3) is 0 Å². The van der Waals surface area contributed by atoms with Crippen LogP contribution in [0, 0.1) is 22.7 Å². The van der Waals surface area contributed by atoms with Crippen molar-refractivity contribution in [3.8, 4) is 0 Å². The molecule has 1 saturated heterocycles. The summed E-state index contributed by atoms with van der Waals surface area (Å²) in [5, 5.41) is 12.5. The molecule has 9 nitrogen and oxygen atoms in total. The van der Waals surface area contributed by atoms with Crippen molar-refractivity contribution in [2.24, 2.45) is 22.7 Å². The number of carbonyl (C=O) groups excluding carboxylic acids is 4. The number of unbranched alkanes of at least 4 members (excludes halogenated alkanes) is 1. The number of hydrogen-bond donors (Lipinski definition) is 4. The summed E-state index contributed by atoms with van der Waals surface area (Å²) in [4.78, 5) is 56.0. The van der Waals surface area contributed by atoms with Crippen molar-refractivity contribution in [1.29, 1.82) is 0 Å². The fraction of sp³-hybridized carbons (Fsp3) is 0.879. The van der Waals surface area contributed by atoms with Crippen LogP contribution in [0.3, 0.4) is 0 Å². The minimum atomic E-state index is -0.772. The van der Waals surface area contributed by atoms with Crippen LogP contribution in [0.25, 0.3) is 0 Å². The van der Waals surface area contributed by atoms with Crippen LogP contribution in [-0.4, -0.2) is 64.9 Å². The van der Waals surface area contributed by atoms with Gasteiger partial charge < -0.3 is 26.2 Å². The number of fused-ring (bicyclic) bond motifs is 1. The third kappa shape index (κ3) is 7.42. The number of hydrogen-bond acceptors (Lipinski definition) is 4. The Morgan fingerprint density at radius 3 is 2.21 bits per heavy atom. The molecular formula is C33H57N5O4. The summed E-state index contributed by atoms with van der Waals surface area (Å²) >= 11 is 0. The number of rotatable bonds is 12. The second-order valence-electron chi connectivity index (χ2n) is 15.4. The molecule has 0 aromatic heterocycles. The average molecular weight is 588 g/mol. The van der Waals surface area contributed by atoms with Gasteiger partial charge in [0.15, 0.2) is 0 Å². The van der Waals surface area contributed by atoms with Crippen molar-refractivity contribution < 1.29 is 19.2 Å². The molecule has 0 unspecified atom stereocenters. The zero-order chi connectivity index (χ0) is 30.9. The van der Waals surface area contributed by atoms with E-state index < -0.39 is 17.5 Å². The normalized spacial score (nSPS) is 27.3. The molecule has 9 heteroatoms. The van der Waals surface area contributed by atoms with Gasteiger partial charge in [0.1, 0.15) is 12.1 Å². The quantitative estimate of drug-likeness (QED) is 0.266. The first-order chi connectivity index (χ1) is 19.7. The van der Waals surface area contributed by atoms with Gasteiger partial charge in [-0.1, -0.05) is 80.6 Å². The zero-order valence-electron chi connectivity index (χ0n) is 27.2. The largest absolute Gasteiger partial charge is 0.353 e. The number of likely N-dealkylation sites (tertiary alicyclic amines) is 1. The Morgan fingerprint density at radius 2 is 1.64 bits per heavy atom. The number of urea groups is 1. The highest BCUT2D eigenvalue weighted by Gasteiger charge is 2.69. The molecule has 3 saturated carbocycles. The summed E-state index contributed by atoms with van der Waals surface area (Å²) in [7, 11) is 0. The molecule has 4 aliphatic rings. The Labute approximate surface area is 253 Å². The van der Waals surface area contributed by atoms with E-state index >= 15 is 0 Å². The highest BCUT2D eigenvalue weighted by molar-refractivity contribution is 5.94. The first-order valence-electron chi connectivity index (χ1n) is 16.7. The van der Waals surface area contributed by atoms with E-state index in [4.69, 9.17) is 0 Å². The van der Waals surface area contributed by atoms with E-state index in [1.165, 1.54) is 6.42 Å². The molecule has 1 heterocycles. The van der Waals surface area contributed by atoms with E-state index in [1.807, 2.05) is 20.8 Å². The van der Waals surface area contributed by atoms with Gasteiger partial charge in [-0.2, -0.15) is 0 Å². The highest BCUT2D eigenvalue weighted by atomic mass is 16.2. The number of nitrogens with zero attached hydrogens (tertiary/aromatic N) is 1. The van der Waals surface area contributed by atoms with Crippen molar-refractivity contribution in [2.45, 2.75) is 155 Å². The van der Waals surface area contributed by atoms with E-state index in [0.717, 1.165) is 64.2 Å². The summed E-state index contributed by atoms with van der Waals surface area (Å²) in [6.45, 7) is 14.9. The average Bonchev–Trinajstić information content (AvgIpc) is 3.76. The predicted octanol–water partition coefficient (Wildman–Crippen LogP) is 4.64. The lowest BCUT2D eigenvalue weighted by molar-refractivity contribution is -0.144. The zero-order valence-corrected chi connectivity index (χ0v) is 27.2. The molecule has 4 fully saturated rings. The van der Waals surface area contributed by atoms with Gasteiger partial charge in [0, 0.05) is 30.6 Å². The van der Waals surface area contributed by atoms with Crippen molar-refractivity contribution in [1.82, 2.24) is 26.2 Å². The van der Waals surface area contributed by atoms with Gasteiger partial charge in [0.05, 0.1) is 0 Å². The molecule has 5 atom stereocenters. The van der Waals surface area contributed by atoms with E-state index in [0.29, 0.717) is 6.54 Å². The molecule has 0 aromatic carbocycles. The molecule has 4 N–H and O–H groups in total. The Morgan fingerprint density at radius 1 is 0.976 bits per heavy atom. The van der Waals surface area contributed by atoms with Crippen molar-refractivity contribution in [3.63, 3.8) is 0 Å². The molecule has 4 rings (SSSR count). The molecule has 0 spiro atoms. The second-order valence-corrected chi connectivity index (χ2v) is 15.4. The summed E-state index contributed by atoms with van der Waals surface area (Å²) in [6, 6.07) is -1.68. The monoisotopic (exact) mass is 587 g/mol. The fourth-order valence-electron chi connectivity index (χ4n) is 7.53. The summed E-state index contributed by atoms with van der Waals surface area (Å²) in [5.74, 6) is -0.0931. The van der Waals surface area contributed by atoms with Crippen LogP contribution < -0.4 is 21.3 Å². The molecule has 0 radical (unpaired) electrons. The van der Waals surface area contributed by atoms with Gasteiger partial charge in [-0.05, 0) is 61.2 Å². The van der Waals surface area contributed by atoms with Crippen LogP contribution in [-0.2, 0) is 14.4 Å². The standard InChI is InChI=1S/C33H57N5O4/c1-8-10-14-22(19-24(39)34-21-15-16-21)35-28(40)26-25-23(32(25,6)7)20-38(26)29(41)27(31(3,4)5)36-30(42)37-33(9-2)17-12-11-13-18-33/h21-23,25-27H,8-20H2,1-7H3,(H,34,39)(H,35,40)(H2,36,37,42)/t22-,23-,25-,26-,27+/m0/s1. The fourth-order valence-corrected chi connectivity index (χ4v) is 7.53. The number of amides is 5. The lowest BCUT2D eigenvalue weighted by atomic mass is 9.80. The second kappa shape index (κ2) is 12.7. The molecule has 42 heavy (non-hydrogen) atoms. The van der Waals surface area contributed by atoms with E-state index in [-0.39, 0.29) is 65.0 Å². The minimum absolute atomic E-state index is 0.0197. The maximum absolute atomic E-state index is 14.3. The van der Waals surface area contributed by atoms with Crippen LogP contribution in [0.5, 0.6) is 0 Å². The Kier molecular flexibility index (Phi) is 9.88. The minimum Gasteiger partial charge on any atom is -0.353 e. The smallest absolute Gasteiger partial charge is 0.315 e. The van der Waals surface area contributed by atoms with Gasteiger partial charge in [0.2, 0.25) is 17.7 Å². The van der Waals surface area contributed by atoms with Gasteiger partial charge in [-0.15, -0.1) is 0 Å². The van der Waals surface area contributed by atoms with Crippen LogP contribution in [0.4, 0.5) is 4.79 Å². The van der Waals surface area contributed by atoms with Gasteiger partial charge in [-0.3, -0.25) is 14.4 Å². The molecule has 0 aromatic rings. The van der Waals surface area contributed by atoms with E-state index in [1.54, 1.807) is 4.90 Å². The van der Waals surface area contributed by atoms with E-state index in [2.05, 4.69) is 49.0 Å². The lowest BCUT2D eigenvalue weighted by Gasteiger charge is -2.40. The van der Waals surface area contributed by atoms with Gasteiger partial charge >= 0.3 is 6.03 Å². The third-order valence-corrected chi connectivity index (χ3v) is 10.6. The third-order valence-electron chi connectivity index (χ3n) is 10.6. The molecular weight excluding hydrogens is 530 g/mol. The van der Waals surface area contributed by atoms with E-state index in [9.17, 15) is 19.2 Å². The number of nitrogens with one attached hydrogen (secondary N) is 4. The number of carbonyl (C=O) groups is 4. The van der Waals surface area contributed by atoms with Gasteiger partial charge in [-0.25, -0.2) is 4.79 Å². The lowest BCUT2D eigenvalue weighted by Crippen LogP contribution is -2.62. The van der Waals surface area contributed by atoms with Crippen molar-refractivity contribution in [3.05, 3.63) is 0 Å². The molecule has 5 amide bonds. The van der Waals surface area contributed by atoms with Crippen LogP contribution in [0.15, 0.2) is 0 Å². The topological polar surface area (TPSA) is 120 Å². The summed E-state index contributed by atoms with van der Waals surface area (Å²) in [5.41, 5.74) is -0.805. The van der Waals surface area contributed by atoms with Crippen molar-refractivity contribution >= 4 is 23.8 Å². The first-order valence-corrected chi connectivity index (χ1v) is 16.7. The maximum Gasteiger partial charge on any atom is 0.315 e. The molecule has 3 aliphatic carbocycles. The first kappa shape index (κ1) is 32.6. The molecule has 1 aliphatic heterocycles. The van der Waals surface area contributed by atoms with Crippen LogP contribution in [0.2, 0.25) is 0 Å². The SMILES string of the molecule is CCCC[C@@H](CC(=O)NC1CC1)NC(=O)[C@@H]1[C@@H]2[C@H](CN1C(=O)[C@@H](NC(=O)NC1(CC)CCCCC1)C(C)(C)C)C2(C)C. The summed E-state index contributed by atoms with van der Waals surface area (Å²) in [6.07, 6.45) is 11.1. The maximum atomic E-state index is 14.3. The van der Waals surface area contributed by atoms with Crippen LogP contribution in [0.1, 0.15) is 126 Å². The Bertz CT molecular complexity index is 1010. The Hall–Kier alpha value is -2.32. The highest BCUT2D eigenvalue weighted by Crippen LogP contribution is 2.65. The molecule has 0 bridgehead atoms.